The number of aliphatic hydroxyl groups is 1. The predicted octanol–water partition coefficient (Wildman–Crippen LogP) is 4.85. The molecule has 4 rings (SSSR count). The predicted molar refractivity (Wildman–Crippen MR) is 146 cm³/mol. The first kappa shape index (κ1) is 28.1. The summed E-state index contributed by atoms with van der Waals surface area (Å²) in [6.07, 6.45) is 2.02. The molecule has 0 radical (unpaired) electrons. The zero-order valence-electron chi connectivity index (χ0n) is 22.9. The number of ether oxygens (including phenoxy) is 6. The highest BCUT2D eigenvalue weighted by Crippen LogP contribution is 2.46. The maximum Gasteiger partial charge on any atom is 0.343 e. The van der Waals surface area contributed by atoms with Crippen LogP contribution in [0, 0.1) is 0 Å². The van der Waals surface area contributed by atoms with Gasteiger partial charge in [-0.05, 0) is 54.8 Å². The lowest BCUT2D eigenvalue weighted by molar-refractivity contribution is -0.108. The highest BCUT2D eigenvalue weighted by Gasteiger charge is 2.42. The van der Waals surface area contributed by atoms with Crippen molar-refractivity contribution in [3.63, 3.8) is 0 Å². The number of hydrogen-bond acceptors (Lipinski definition) is 9. The van der Waals surface area contributed by atoms with E-state index in [1.165, 1.54) is 7.11 Å². The molecule has 1 aliphatic rings. The molecule has 0 saturated carbocycles. The molecule has 9 heteroatoms. The molecule has 0 aliphatic carbocycles. The van der Waals surface area contributed by atoms with Crippen LogP contribution in [0.25, 0.3) is 12.2 Å². The monoisotopic (exact) mass is 538 g/mol. The van der Waals surface area contributed by atoms with E-state index in [2.05, 4.69) is 0 Å². The van der Waals surface area contributed by atoms with E-state index in [9.17, 15) is 9.90 Å². The van der Waals surface area contributed by atoms with Crippen molar-refractivity contribution >= 4 is 12.2 Å². The van der Waals surface area contributed by atoms with Gasteiger partial charge in [0.2, 0.25) is 0 Å². The van der Waals surface area contributed by atoms with Crippen LogP contribution in [0.3, 0.4) is 0 Å². The van der Waals surface area contributed by atoms with Crippen LogP contribution in [0.1, 0.15) is 47.8 Å². The smallest absolute Gasteiger partial charge is 0.343 e. The van der Waals surface area contributed by atoms with Crippen LogP contribution in [0.5, 0.6) is 28.7 Å². The lowest BCUT2D eigenvalue weighted by Crippen LogP contribution is -2.39. The molecule has 208 valence electrons. The Morgan fingerprint density at radius 1 is 0.795 bits per heavy atom. The third-order valence-corrected chi connectivity index (χ3v) is 6.80. The first-order valence-corrected chi connectivity index (χ1v) is 12.5. The third-order valence-electron chi connectivity index (χ3n) is 6.80. The maximum absolute atomic E-state index is 13.4. The molecular weight excluding hydrogens is 504 g/mol. The molecule has 0 bridgehead atoms. The molecule has 1 saturated heterocycles. The van der Waals surface area contributed by atoms with Crippen LogP contribution in [-0.2, 0) is 4.74 Å². The topological polar surface area (TPSA) is 106 Å². The summed E-state index contributed by atoms with van der Waals surface area (Å²) in [5.74, 6) is 2.11. The van der Waals surface area contributed by atoms with E-state index in [-0.39, 0.29) is 17.4 Å². The summed E-state index contributed by atoms with van der Waals surface area (Å²) in [5, 5.41) is 11.2. The molecule has 1 N–H and O–H groups in total. The highest BCUT2D eigenvalue weighted by atomic mass is 16.5. The van der Waals surface area contributed by atoms with Gasteiger partial charge >= 0.3 is 5.63 Å². The molecule has 3 aromatic rings. The van der Waals surface area contributed by atoms with Crippen molar-refractivity contribution < 1.29 is 37.9 Å². The van der Waals surface area contributed by atoms with Crippen molar-refractivity contribution in [2.24, 2.45) is 0 Å². The summed E-state index contributed by atoms with van der Waals surface area (Å²) >= 11 is 0. The first-order chi connectivity index (χ1) is 18.8. The van der Waals surface area contributed by atoms with Crippen LogP contribution in [0.15, 0.2) is 51.7 Å². The molecule has 2 heterocycles. The Kier molecular flexibility index (Phi) is 8.83. The summed E-state index contributed by atoms with van der Waals surface area (Å²) in [4.78, 5) is 13.4. The second-order valence-corrected chi connectivity index (χ2v) is 9.18. The highest BCUT2D eigenvalue weighted by molar-refractivity contribution is 5.69. The van der Waals surface area contributed by atoms with Gasteiger partial charge in [0.15, 0.2) is 23.0 Å². The van der Waals surface area contributed by atoms with E-state index in [1.807, 2.05) is 25.1 Å². The second kappa shape index (κ2) is 12.3. The maximum atomic E-state index is 13.4. The zero-order valence-corrected chi connectivity index (χ0v) is 22.9. The first-order valence-electron chi connectivity index (χ1n) is 12.5. The van der Waals surface area contributed by atoms with Gasteiger partial charge in [0.25, 0.3) is 0 Å². The summed E-state index contributed by atoms with van der Waals surface area (Å²) in [6.45, 7) is 1.88. The Balaban J connectivity index is 1.73. The van der Waals surface area contributed by atoms with Gasteiger partial charge in [-0.25, -0.2) is 4.79 Å². The molecule has 1 aliphatic heterocycles. The quantitative estimate of drug-likeness (QED) is 0.409. The van der Waals surface area contributed by atoms with Gasteiger partial charge in [-0.3, -0.25) is 0 Å². The summed E-state index contributed by atoms with van der Waals surface area (Å²) in [6, 6.07) is 12.5. The Hall–Kier alpha value is -3.95. The Morgan fingerprint density at radius 2 is 1.41 bits per heavy atom. The summed E-state index contributed by atoms with van der Waals surface area (Å²) in [5.41, 5.74) is 1.13. The van der Waals surface area contributed by atoms with Crippen molar-refractivity contribution in [1.29, 1.82) is 0 Å². The van der Waals surface area contributed by atoms with Gasteiger partial charge in [-0.2, -0.15) is 0 Å². The van der Waals surface area contributed by atoms with Gasteiger partial charge in [-0.1, -0.05) is 18.2 Å². The molecular formula is C30H34O9. The van der Waals surface area contributed by atoms with E-state index >= 15 is 0 Å². The SMILES string of the molecule is COc1ccc(/C=C/c2cc(OC)c([C@H]3[C@H](O)C[C@H](C)O[C@@H]3c3ccc(OC)c(OC)c3)c(=O)o2)cc1OC. The summed E-state index contributed by atoms with van der Waals surface area (Å²) in [7, 11) is 7.71. The molecule has 39 heavy (non-hydrogen) atoms. The van der Waals surface area contributed by atoms with Crippen LogP contribution >= 0.6 is 0 Å². The van der Waals surface area contributed by atoms with Gasteiger partial charge < -0.3 is 37.9 Å². The van der Waals surface area contributed by atoms with E-state index in [0.717, 1.165) is 11.1 Å². The molecule has 0 spiro atoms. The average molecular weight is 539 g/mol. The number of hydrogen-bond donors (Lipinski definition) is 1. The normalized spacial score (nSPS) is 21.0. The van der Waals surface area contributed by atoms with Crippen LogP contribution < -0.4 is 29.3 Å². The lowest BCUT2D eigenvalue weighted by Gasteiger charge is -2.39. The molecule has 2 aromatic carbocycles. The molecule has 9 nitrogen and oxygen atoms in total. The van der Waals surface area contributed by atoms with Gasteiger partial charge in [0.05, 0.1) is 65.3 Å². The van der Waals surface area contributed by atoms with Crippen molar-refractivity contribution in [3.05, 3.63) is 75.3 Å². The molecule has 0 amide bonds. The van der Waals surface area contributed by atoms with Crippen molar-refractivity contribution in [1.82, 2.24) is 0 Å². The minimum absolute atomic E-state index is 0.208. The van der Waals surface area contributed by atoms with Gasteiger partial charge in [-0.15, -0.1) is 0 Å². The molecule has 0 unspecified atom stereocenters. The second-order valence-electron chi connectivity index (χ2n) is 9.18. The third kappa shape index (κ3) is 5.89. The van der Waals surface area contributed by atoms with Crippen molar-refractivity contribution in [2.75, 3.05) is 35.5 Å². The Morgan fingerprint density at radius 3 is 2.05 bits per heavy atom. The average Bonchev–Trinajstić information content (AvgIpc) is 2.95. The lowest BCUT2D eigenvalue weighted by atomic mass is 9.80. The Labute approximate surface area is 227 Å². The molecule has 1 fully saturated rings. The molecule has 4 atom stereocenters. The minimum Gasteiger partial charge on any atom is -0.496 e. The van der Waals surface area contributed by atoms with Crippen LogP contribution in [0.4, 0.5) is 0 Å². The number of aliphatic hydroxyl groups excluding tert-OH is 1. The van der Waals surface area contributed by atoms with Crippen LogP contribution in [0.2, 0.25) is 0 Å². The number of methoxy groups -OCH3 is 5. The minimum atomic E-state index is -0.878. The van der Waals surface area contributed by atoms with E-state index in [0.29, 0.717) is 35.2 Å². The van der Waals surface area contributed by atoms with E-state index in [4.69, 9.17) is 32.8 Å². The van der Waals surface area contributed by atoms with Crippen molar-refractivity contribution in [2.45, 2.75) is 37.6 Å². The van der Waals surface area contributed by atoms with E-state index < -0.39 is 23.8 Å². The fourth-order valence-electron chi connectivity index (χ4n) is 4.92. The fraction of sp³-hybridized carbons (Fsp3) is 0.367. The number of benzene rings is 2. The standard InChI is InChI=1S/C30H34O9/c1-17-13-21(31)27(29(38-17)19-9-12-23(34-3)25(15-19)36-5)28-26(37-6)16-20(39-30(28)32)10-7-18-8-11-22(33-2)24(14-18)35-4/h7-12,14-17,21,27,29,31H,13H2,1-6H3/b10-7+/t17-,21+,27+,29+/m0/s1. The largest absolute Gasteiger partial charge is 0.496 e. The van der Waals surface area contributed by atoms with Crippen LogP contribution in [-0.4, -0.2) is 52.9 Å². The van der Waals surface area contributed by atoms with Gasteiger partial charge in [0, 0.05) is 6.07 Å². The Bertz CT molecular complexity index is 1380. The van der Waals surface area contributed by atoms with Crippen molar-refractivity contribution in [3.8, 4) is 28.7 Å². The summed E-state index contributed by atoms with van der Waals surface area (Å²) < 4.78 is 39.1. The fourth-order valence-corrected chi connectivity index (χ4v) is 4.92. The zero-order chi connectivity index (χ0) is 28.1. The molecule has 1 aromatic heterocycles. The van der Waals surface area contributed by atoms with Gasteiger partial charge in [0.1, 0.15) is 11.5 Å². The number of rotatable bonds is 9. The van der Waals surface area contributed by atoms with E-state index in [1.54, 1.807) is 64.9 Å².